The van der Waals surface area contributed by atoms with E-state index in [0.29, 0.717) is 36.5 Å². The van der Waals surface area contributed by atoms with Gasteiger partial charge in [-0.3, -0.25) is 19.2 Å². The molecule has 1 fully saturated rings. The van der Waals surface area contributed by atoms with Crippen molar-refractivity contribution in [3.63, 3.8) is 0 Å². The molecule has 0 saturated carbocycles. The molecule has 3 aromatic rings. The maximum atomic E-state index is 13.0. The molecule has 11 heteroatoms. The molecule has 3 atom stereocenters. The Kier molecular flexibility index (Phi) is 8.35. The van der Waals surface area contributed by atoms with E-state index < -0.39 is 12.1 Å². The van der Waals surface area contributed by atoms with Crippen molar-refractivity contribution >= 4 is 52.0 Å². The summed E-state index contributed by atoms with van der Waals surface area (Å²) < 4.78 is 0. The van der Waals surface area contributed by atoms with Crippen molar-refractivity contribution in [1.29, 1.82) is 0 Å². The van der Waals surface area contributed by atoms with Crippen LogP contribution < -0.4 is 10.6 Å². The summed E-state index contributed by atoms with van der Waals surface area (Å²) in [5.74, 6) is -0.501. The number of carbonyl (C=O) groups is 4. The van der Waals surface area contributed by atoms with Gasteiger partial charge in [0.05, 0.1) is 10.6 Å². The summed E-state index contributed by atoms with van der Waals surface area (Å²) in [4.78, 5) is 59.0. The molecular formula is C32H31N5O4S2. The predicted molar refractivity (Wildman–Crippen MR) is 168 cm³/mol. The average Bonchev–Trinajstić information content (AvgIpc) is 3.84. The Morgan fingerprint density at radius 2 is 1.81 bits per heavy atom. The monoisotopic (exact) mass is 613 g/mol. The lowest BCUT2D eigenvalue weighted by molar-refractivity contribution is -0.136. The molecule has 4 amide bonds. The number of benzene rings is 1. The molecular weight excluding hydrogens is 583 g/mol. The van der Waals surface area contributed by atoms with Crippen molar-refractivity contribution in [2.75, 3.05) is 18.4 Å². The molecule has 2 aromatic heterocycles. The van der Waals surface area contributed by atoms with Crippen LogP contribution >= 0.6 is 22.7 Å². The lowest BCUT2D eigenvalue weighted by atomic mass is 10.00. The van der Waals surface area contributed by atoms with E-state index in [1.807, 2.05) is 59.3 Å². The minimum atomic E-state index is -0.653. The Morgan fingerprint density at radius 3 is 2.53 bits per heavy atom. The van der Waals surface area contributed by atoms with E-state index >= 15 is 0 Å². The van der Waals surface area contributed by atoms with Crippen molar-refractivity contribution in [2.45, 2.75) is 44.2 Å². The van der Waals surface area contributed by atoms with Crippen LogP contribution in [0.4, 0.5) is 5.69 Å². The fraction of sp³-hybridized carbons (Fsp3) is 0.281. The molecule has 1 aromatic carbocycles. The molecule has 0 bridgehead atoms. The fourth-order valence-corrected chi connectivity index (χ4v) is 7.17. The van der Waals surface area contributed by atoms with Crippen LogP contribution in [0.15, 0.2) is 83.2 Å². The molecule has 2 aliphatic heterocycles. The van der Waals surface area contributed by atoms with Gasteiger partial charge in [0.25, 0.3) is 11.8 Å². The molecule has 3 aliphatic rings. The molecule has 1 aliphatic carbocycles. The number of hydrogen-bond acceptors (Lipinski definition) is 7. The van der Waals surface area contributed by atoms with E-state index in [1.165, 1.54) is 18.3 Å². The molecule has 4 heterocycles. The summed E-state index contributed by atoms with van der Waals surface area (Å²) in [6, 6.07) is 10.1. The quantitative estimate of drug-likeness (QED) is 0.367. The number of carbonyl (C=O) groups excluding carboxylic acids is 4. The number of nitrogens with zero attached hydrogens (tertiary/aromatic N) is 3. The summed E-state index contributed by atoms with van der Waals surface area (Å²) in [5, 5.41) is 10.7. The van der Waals surface area contributed by atoms with Gasteiger partial charge < -0.3 is 20.4 Å². The van der Waals surface area contributed by atoms with Gasteiger partial charge in [-0.1, -0.05) is 42.5 Å². The highest BCUT2D eigenvalue weighted by atomic mass is 32.1. The second-order valence-corrected chi connectivity index (χ2v) is 12.5. The van der Waals surface area contributed by atoms with Crippen LogP contribution in [0.2, 0.25) is 0 Å². The molecule has 1 unspecified atom stereocenters. The summed E-state index contributed by atoms with van der Waals surface area (Å²) in [6.45, 7) is 2.54. The van der Waals surface area contributed by atoms with Crippen LogP contribution in [0.25, 0.3) is 11.3 Å². The number of anilines is 1. The Bertz CT molecular complexity index is 1620. The first-order chi connectivity index (χ1) is 20.9. The van der Waals surface area contributed by atoms with Crippen molar-refractivity contribution < 1.29 is 19.2 Å². The Morgan fingerprint density at radius 1 is 0.977 bits per heavy atom. The number of allylic oxidation sites excluding steroid dienone is 3. The number of nitrogens with one attached hydrogen (secondary N) is 2. The zero-order valence-corrected chi connectivity index (χ0v) is 25.2. The zero-order valence-electron chi connectivity index (χ0n) is 23.6. The number of rotatable bonds is 7. The number of amides is 4. The highest BCUT2D eigenvalue weighted by molar-refractivity contribution is 7.12. The number of thiophene rings is 1. The first-order valence-electron chi connectivity index (χ1n) is 14.2. The van der Waals surface area contributed by atoms with Gasteiger partial charge in [-0.25, -0.2) is 4.98 Å². The molecule has 9 nitrogen and oxygen atoms in total. The van der Waals surface area contributed by atoms with Crippen LogP contribution in [-0.2, 0) is 14.4 Å². The molecule has 0 radical (unpaired) electrons. The van der Waals surface area contributed by atoms with Crippen molar-refractivity contribution in [3.05, 3.63) is 93.1 Å². The fourth-order valence-electron chi connectivity index (χ4n) is 5.57. The maximum absolute atomic E-state index is 13.0. The van der Waals surface area contributed by atoms with Gasteiger partial charge in [0.15, 0.2) is 0 Å². The van der Waals surface area contributed by atoms with Crippen molar-refractivity contribution in [1.82, 2.24) is 20.1 Å². The van der Waals surface area contributed by atoms with Gasteiger partial charge >= 0.3 is 0 Å². The van der Waals surface area contributed by atoms with E-state index in [1.54, 1.807) is 33.3 Å². The molecule has 2 N–H and O–H groups in total. The molecule has 1 saturated heterocycles. The minimum absolute atomic E-state index is 0.0687. The summed E-state index contributed by atoms with van der Waals surface area (Å²) in [7, 11) is 0. The minimum Gasteiger partial charge on any atom is -0.331 e. The Labute approximate surface area is 257 Å². The largest absolute Gasteiger partial charge is 0.331 e. The first-order valence-corrected chi connectivity index (χ1v) is 16.0. The lowest BCUT2D eigenvalue weighted by Gasteiger charge is -2.23. The highest BCUT2D eigenvalue weighted by Crippen LogP contribution is 2.32. The van der Waals surface area contributed by atoms with Crippen LogP contribution in [-0.4, -0.2) is 63.6 Å². The molecule has 220 valence electrons. The standard InChI is InChI=1S/C32H31N5O4S2/c1-20(38)36-16-2-5-26(36)29(39)33-24-14-10-22(11-15-24)31-35-25(19-43-31)21-8-12-23(13-9-21)34-30(40)27-6-3-17-37(27)32(41)28-7-4-18-42-28/h3-4,6-10,12-15,18-19,22,26-27H,2,5,11,16-17H2,1H3,(H,33,39)(H,34,40)/t22?,26-,27-/m0/s1. The van der Waals surface area contributed by atoms with Crippen molar-refractivity contribution in [3.8, 4) is 11.3 Å². The third kappa shape index (κ3) is 6.23. The topological polar surface area (TPSA) is 112 Å². The maximum Gasteiger partial charge on any atom is 0.265 e. The lowest BCUT2D eigenvalue weighted by Crippen LogP contribution is -2.44. The summed E-state index contributed by atoms with van der Waals surface area (Å²) in [6.07, 6.45) is 11.8. The van der Waals surface area contributed by atoms with E-state index in [4.69, 9.17) is 4.98 Å². The molecule has 6 rings (SSSR count). The molecule has 43 heavy (non-hydrogen) atoms. The van der Waals surface area contributed by atoms with Crippen LogP contribution in [0, 0.1) is 0 Å². The summed E-state index contributed by atoms with van der Waals surface area (Å²) in [5.41, 5.74) is 3.18. The second kappa shape index (κ2) is 12.5. The normalized spacial score (nSPS) is 21.1. The van der Waals surface area contributed by atoms with Gasteiger partial charge in [-0.05, 0) is 48.9 Å². The van der Waals surface area contributed by atoms with E-state index in [2.05, 4.69) is 16.7 Å². The van der Waals surface area contributed by atoms with Crippen molar-refractivity contribution in [2.24, 2.45) is 0 Å². The summed E-state index contributed by atoms with van der Waals surface area (Å²) >= 11 is 2.95. The first kappa shape index (κ1) is 28.8. The third-order valence-corrected chi connectivity index (χ3v) is 9.67. The highest BCUT2D eigenvalue weighted by Gasteiger charge is 2.33. The van der Waals surface area contributed by atoms with Gasteiger partial charge in [0.2, 0.25) is 11.8 Å². The van der Waals surface area contributed by atoms with Crippen LogP contribution in [0.1, 0.15) is 46.8 Å². The molecule has 0 spiro atoms. The second-order valence-electron chi connectivity index (χ2n) is 10.7. The SMILES string of the molecule is CC(=O)N1CCC[C@H]1C(=O)NC1=CCC(c2nc(-c3ccc(NC(=O)[C@@H]4C=CCN4C(=O)c4cccs4)cc3)cs2)C=C1. The van der Waals surface area contributed by atoms with E-state index in [-0.39, 0.29) is 29.5 Å². The van der Waals surface area contributed by atoms with Gasteiger partial charge in [0, 0.05) is 48.3 Å². The van der Waals surface area contributed by atoms with Gasteiger partial charge in [0.1, 0.15) is 17.1 Å². The Balaban J connectivity index is 1.03. The smallest absolute Gasteiger partial charge is 0.265 e. The predicted octanol–water partition coefficient (Wildman–Crippen LogP) is 4.95. The number of hydrogen-bond donors (Lipinski definition) is 2. The van der Waals surface area contributed by atoms with Gasteiger partial charge in [-0.15, -0.1) is 22.7 Å². The average molecular weight is 614 g/mol. The number of thiazole rings is 1. The van der Waals surface area contributed by atoms with E-state index in [0.717, 1.165) is 28.4 Å². The van der Waals surface area contributed by atoms with Crippen LogP contribution in [0.3, 0.4) is 0 Å². The third-order valence-electron chi connectivity index (χ3n) is 7.83. The van der Waals surface area contributed by atoms with E-state index in [9.17, 15) is 19.2 Å². The van der Waals surface area contributed by atoms with Gasteiger partial charge in [-0.2, -0.15) is 0 Å². The number of aromatic nitrogens is 1. The van der Waals surface area contributed by atoms with Crippen LogP contribution in [0.5, 0.6) is 0 Å². The zero-order chi connectivity index (χ0) is 29.9. The number of likely N-dealkylation sites (tertiary alicyclic amines) is 1. The Hall–Kier alpha value is -4.35.